The van der Waals surface area contributed by atoms with Crippen LogP contribution in [-0.2, 0) is 14.4 Å². The van der Waals surface area contributed by atoms with Gasteiger partial charge in [0.1, 0.15) is 12.7 Å². The summed E-state index contributed by atoms with van der Waals surface area (Å²) in [5.41, 5.74) is 0. The highest BCUT2D eigenvalue weighted by Crippen LogP contribution is 1.90. The normalized spacial score (nSPS) is 11.1. The second-order valence-corrected chi connectivity index (χ2v) is 1.78. The average molecular weight is 182 g/mol. The van der Waals surface area contributed by atoms with Gasteiger partial charge in [0.05, 0.1) is 0 Å². The molecule has 0 spiro atoms. The summed E-state index contributed by atoms with van der Waals surface area (Å²) in [7, 11) is 0. The molecule has 11 heavy (non-hydrogen) atoms. The molecule has 0 saturated heterocycles. The van der Waals surface area contributed by atoms with Crippen LogP contribution in [0.15, 0.2) is 12.7 Å². The van der Waals surface area contributed by atoms with E-state index in [4.69, 9.17) is 5.90 Å². The monoisotopic (exact) mass is 181 g/mol. The summed E-state index contributed by atoms with van der Waals surface area (Å²) in [6, 6.07) is 0. The molecule has 2 N–H and O–H groups in total. The molecule has 0 rings (SSSR count). The summed E-state index contributed by atoms with van der Waals surface area (Å²) in [4.78, 5) is 14.7. The number of carbonyl (C=O) groups is 1. The third-order valence-electron chi connectivity index (χ3n) is 0.815. The molecule has 1 unspecified atom stereocenters. The maximum Gasteiger partial charge on any atom is 0.330 e. The lowest BCUT2D eigenvalue weighted by Crippen LogP contribution is -2.20. The van der Waals surface area contributed by atoms with Crippen LogP contribution in [0.1, 0.15) is 6.92 Å². The lowest BCUT2D eigenvalue weighted by atomic mass is 10.4. The summed E-state index contributed by atoms with van der Waals surface area (Å²) in [5, 5.41) is 0. The number of hydrogen-bond acceptors (Lipinski definition) is 4. The molecule has 5 heteroatoms. The Morgan fingerprint density at radius 2 is 2.36 bits per heavy atom. The van der Waals surface area contributed by atoms with Gasteiger partial charge in [-0.25, -0.2) is 10.7 Å². The molecule has 0 aliphatic carbocycles. The molecule has 0 aliphatic heterocycles. The molecule has 0 bridgehead atoms. The lowest BCUT2D eigenvalue weighted by Gasteiger charge is -2.08. The Morgan fingerprint density at radius 3 is 2.73 bits per heavy atom. The van der Waals surface area contributed by atoms with Gasteiger partial charge in [0.2, 0.25) is 0 Å². The first-order valence-electron chi connectivity index (χ1n) is 2.85. The quantitative estimate of drug-likeness (QED) is 0.388. The van der Waals surface area contributed by atoms with Crippen molar-refractivity contribution in [3.8, 4) is 0 Å². The van der Waals surface area contributed by atoms with Crippen molar-refractivity contribution < 1.29 is 14.4 Å². The van der Waals surface area contributed by atoms with Crippen molar-refractivity contribution in [1.82, 2.24) is 0 Å². The first-order chi connectivity index (χ1) is 4.70. The molecular formula is C6H12ClNO3. The molecule has 0 aromatic carbocycles. The zero-order valence-electron chi connectivity index (χ0n) is 6.28. The number of carbonyl (C=O) groups excluding carboxylic acids is 1. The molecule has 0 amide bonds. The maximum absolute atomic E-state index is 10.5. The van der Waals surface area contributed by atoms with E-state index in [0.717, 1.165) is 6.08 Å². The summed E-state index contributed by atoms with van der Waals surface area (Å²) in [6.07, 6.45) is 0.767. The van der Waals surface area contributed by atoms with Gasteiger partial charge in [0.15, 0.2) is 0 Å². The predicted molar refractivity (Wildman–Crippen MR) is 43.1 cm³/mol. The summed E-state index contributed by atoms with van der Waals surface area (Å²) >= 11 is 0. The summed E-state index contributed by atoms with van der Waals surface area (Å²) in [6.45, 7) is 5.10. The van der Waals surface area contributed by atoms with E-state index in [0.29, 0.717) is 0 Å². The van der Waals surface area contributed by atoms with Crippen LogP contribution in [0.25, 0.3) is 0 Å². The Kier molecular flexibility index (Phi) is 8.92. The molecule has 66 valence electrons. The minimum atomic E-state index is -0.468. The van der Waals surface area contributed by atoms with Crippen LogP contribution in [-0.4, -0.2) is 18.7 Å². The second kappa shape index (κ2) is 7.53. The minimum absolute atomic E-state index is 0. The van der Waals surface area contributed by atoms with Crippen molar-refractivity contribution >= 4 is 18.4 Å². The molecule has 0 aliphatic rings. The Balaban J connectivity index is 0. The van der Waals surface area contributed by atoms with Gasteiger partial charge in [-0.2, -0.15) is 0 Å². The van der Waals surface area contributed by atoms with Crippen molar-refractivity contribution in [3.05, 3.63) is 12.7 Å². The zero-order chi connectivity index (χ0) is 7.98. The van der Waals surface area contributed by atoms with Gasteiger partial charge in [0.25, 0.3) is 0 Å². The van der Waals surface area contributed by atoms with Crippen LogP contribution < -0.4 is 5.90 Å². The van der Waals surface area contributed by atoms with Crippen LogP contribution in [0, 0.1) is 0 Å². The average Bonchev–Trinajstić information content (AvgIpc) is 1.88. The van der Waals surface area contributed by atoms with Crippen LogP contribution in [0.3, 0.4) is 0 Å². The smallest absolute Gasteiger partial charge is 0.330 e. The number of rotatable bonds is 4. The van der Waals surface area contributed by atoms with Crippen molar-refractivity contribution in [2.45, 2.75) is 13.0 Å². The van der Waals surface area contributed by atoms with E-state index in [9.17, 15) is 4.79 Å². The van der Waals surface area contributed by atoms with Crippen molar-refractivity contribution in [1.29, 1.82) is 0 Å². The van der Waals surface area contributed by atoms with Crippen molar-refractivity contribution in [2.24, 2.45) is 5.90 Å². The Bertz CT molecular complexity index is 129. The number of ether oxygens (including phenoxy) is 1. The van der Waals surface area contributed by atoms with E-state index in [2.05, 4.69) is 16.2 Å². The van der Waals surface area contributed by atoms with Crippen molar-refractivity contribution in [3.63, 3.8) is 0 Å². The predicted octanol–water partition coefficient (Wildman–Crippen LogP) is 0.416. The van der Waals surface area contributed by atoms with E-state index in [-0.39, 0.29) is 25.1 Å². The molecule has 0 saturated carbocycles. The van der Waals surface area contributed by atoms with Gasteiger partial charge in [-0.1, -0.05) is 6.58 Å². The molecular weight excluding hydrogens is 170 g/mol. The molecule has 0 fully saturated rings. The van der Waals surface area contributed by atoms with Crippen LogP contribution in [0.5, 0.6) is 0 Å². The van der Waals surface area contributed by atoms with Gasteiger partial charge in [0, 0.05) is 6.08 Å². The van der Waals surface area contributed by atoms with E-state index < -0.39 is 5.97 Å². The van der Waals surface area contributed by atoms with Gasteiger partial charge < -0.3 is 9.57 Å². The van der Waals surface area contributed by atoms with Crippen LogP contribution in [0.4, 0.5) is 0 Å². The molecule has 0 aromatic heterocycles. The highest BCUT2D eigenvalue weighted by Gasteiger charge is 2.04. The standard InChI is InChI=1S/C6H11NO3.ClH/c1-3-6(8)10-5(2)4-9-7;/h3,5H,1,4,7H2,2H3;1H. The minimum Gasteiger partial charge on any atom is -0.457 e. The van der Waals surface area contributed by atoms with Crippen LogP contribution >= 0.6 is 12.4 Å². The molecule has 0 heterocycles. The first-order valence-corrected chi connectivity index (χ1v) is 2.85. The number of esters is 1. The summed E-state index contributed by atoms with van der Waals surface area (Å²) < 4.78 is 4.68. The maximum atomic E-state index is 10.5. The highest BCUT2D eigenvalue weighted by atomic mass is 35.5. The third-order valence-corrected chi connectivity index (χ3v) is 0.815. The largest absolute Gasteiger partial charge is 0.457 e. The van der Waals surface area contributed by atoms with Gasteiger partial charge in [-0.3, -0.25) is 0 Å². The first kappa shape index (κ1) is 13.0. The fourth-order valence-corrected chi connectivity index (χ4v) is 0.416. The topological polar surface area (TPSA) is 61.5 Å². The lowest BCUT2D eigenvalue weighted by molar-refractivity contribution is -0.144. The Hall–Kier alpha value is -0.580. The van der Waals surface area contributed by atoms with E-state index in [1.54, 1.807) is 6.92 Å². The molecule has 4 nitrogen and oxygen atoms in total. The number of halogens is 1. The SMILES string of the molecule is C=CC(=O)OC(C)CON.Cl. The van der Waals surface area contributed by atoms with Gasteiger partial charge in [-0.15, -0.1) is 12.4 Å². The third kappa shape index (κ3) is 7.32. The molecule has 0 radical (unpaired) electrons. The number of hydrogen-bond donors (Lipinski definition) is 1. The van der Waals surface area contributed by atoms with Gasteiger partial charge in [-0.05, 0) is 6.92 Å². The van der Waals surface area contributed by atoms with Gasteiger partial charge >= 0.3 is 5.97 Å². The molecule has 0 aromatic rings. The highest BCUT2D eigenvalue weighted by molar-refractivity contribution is 5.85. The zero-order valence-corrected chi connectivity index (χ0v) is 7.10. The number of nitrogens with two attached hydrogens (primary N) is 1. The van der Waals surface area contributed by atoms with E-state index in [1.165, 1.54) is 0 Å². The fraction of sp³-hybridized carbons (Fsp3) is 0.500. The molecule has 1 atom stereocenters. The van der Waals surface area contributed by atoms with E-state index >= 15 is 0 Å². The second-order valence-electron chi connectivity index (χ2n) is 1.78. The Labute approximate surface area is 71.7 Å². The summed E-state index contributed by atoms with van der Waals surface area (Å²) in [5.74, 6) is 4.26. The Morgan fingerprint density at radius 1 is 1.82 bits per heavy atom. The fourth-order valence-electron chi connectivity index (χ4n) is 0.416. The van der Waals surface area contributed by atoms with Crippen LogP contribution in [0.2, 0.25) is 0 Å². The van der Waals surface area contributed by atoms with Crippen molar-refractivity contribution in [2.75, 3.05) is 6.61 Å². The van der Waals surface area contributed by atoms with E-state index in [1.807, 2.05) is 0 Å².